The number of aryl methyl sites for hydroxylation is 2. The van der Waals surface area contributed by atoms with E-state index in [-0.39, 0.29) is 42.5 Å². The lowest BCUT2D eigenvalue weighted by atomic mass is 10.0. The molecule has 0 bridgehead atoms. The fourth-order valence-corrected chi connectivity index (χ4v) is 5.34. The molecule has 0 spiro atoms. The normalized spacial score (nSPS) is 21.6. The maximum Gasteiger partial charge on any atom is 0.242 e. The molecule has 0 aliphatic carbocycles. The molecular formula is C23H35N5O5S. The molecule has 0 fully saturated rings. The zero-order valence-electron chi connectivity index (χ0n) is 20.3. The first kappa shape index (κ1) is 26.3. The van der Waals surface area contributed by atoms with Gasteiger partial charge in [-0.15, -0.1) is 5.10 Å². The molecule has 1 amide bonds. The Morgan fingerprint density at radius 2 is 2.12 bits per heavy atom. The third-order valence-electron chi connectivity index (χ3n) is 6.27. The van der Waals surface area contributed by atoms with Crippen molar-refractivity contribution < 1.29 is 23.1 Å². The van der Waals surface area contributed by atoms with Gasteiger partial charge in [-0.3, -0.25) is 4.79 Å². The van der Waals surface area contributed by atoms with Crippen LogP contribution in [0.4, 0.5) is 0 Å². The Labute approximate surface area is 201 Å². The minimum absolute atomic E-state index is 0.0601. The lowest BCUT2D eigenvalue weighted by molar-refractivity contribution is -0.136. The second-order valence-electron chi connectivity index (χ2n) is 9.06. The van der Waals surface area contributed by atoms with E-state index in [1.807, 2.05) is 19.9 Å². The molecule has 1 aromatic carbocycles. The zero-order valence-corrected chi connectivity index (χ0v) is 21.1. The molecule has 2 aromatic rings. The first-order valence-electron chi connectivity index (χ1n) is 11.6. The summed E-state index contributed by atoms with van der Waals surface area (Å²) in [6, 6.07) is 6.44. The molecule has 11 heteroatoms. The number of nitrogens with zero attached hydrogens (tertiary/aromatic N) is 5. The van der Waals surface area contributed by atoms with Gasteiger partial charge in [-0.05, 0) is 38.0 Å². The first-order chi connectivity index (χ1) is 16.1. The highest BCUT2D eigenvalue weighted by atomic mass is 32.2. The first-order valence-corrected chi connectivity index (χ1v) is 13.0. The Balaban J connectivity index is 1.87. The van der Waals surface area contributed by atoms with Crippen molar-refractivity contribution in [3.63, 3.8) is 0 Å². The molecule has 3 atom stereocenters. The summed E-state index contributed by atoms with van der Waals surface area (Å²) in [5.74, 6) is -0.257. The van der Waals surface area contributed by atoms with E-state index in [1.54, 1.807) is 40.9 Å². The standard InChI is InChI=1S/C23H35N5O5S/c1-17-7-5-8-21(11-17)34(31,32)26(4)14-22-18(2)13-27(19(3)15-29)23(30)9-6-10-28-20(16-33-22)12-24-25-28/h5,7-8,11-12,18-19,22,29H,6,9-10,13-16H2,1-4H3/t18-,19-,22-/m0/s1. The van der Waals surface area contributed by atoms with Crippen molar-refractivity contribution in [3.05, 3.63) is 41.7 Å². The molecule has 34 heavy (non-hydrogen) atoms. The molecule has 1 N–H and O–H groups in total. The minimum Gasteiger partial charge on any atom is -0.394 e. The minimum atomic E-state index is -3.73. The monoisotopic (exact) mass is 493 g/mol. The molecule has 188 valence electrons. The van der Waals surface area contributed by atoms with Crippen molar-refractivity contribution in [2.75, 3.05) is 26.7 Å². The predicted molar refractivity (Wildman–Crippen MR) is 126 cm³/mol. The van der Waals surface area contributed by atoms with Gasteiger partial charge < -0.3 is 14.7 Å². The zero-order chi connectivity index (χ0) is 24.9. The summed E-state index contributed by atoms with van der Waals surface area (Å²) >= 11 is 0. The third-order valence-corrected chi connectivity index (χ3v) is 8.09. The van der Waals surface area contributed by atoms with Gasteiger partial charge in [0.2, 0.25) is 15.9 Å². The van der Waals surface area contributed by atoms with Crippen molar-refractivity contribution in [2.45, 2.75) is 63.8 Å². The van der Waals surface area contributed by atoms with Crippen molar-refractivity contribution >= 4 is 15.9 Å². The highest BCUT2D eigenvalue weighted by molar-refractivity contribution is 7.89. The van der Waals surface area contributed by atoms with Crippen LogP contribution in [0.25, 0.3) is 0 Å². The van der Waals surface area contributed by atoms with Gasteiger partial charge >= 0.3 is 0 Å². The second-order valence-corrected chi connectivity index (χ2v) is 11.1. The number of carbonyl (C=O) groups excluding carboxylic acids is 1. The fourth-order valence-electron chi connectivity index (χ4n) is 4.05. The Bertz CT molecular complexity index is 1070. The average Bonchev–Trinajstić information content (AvgIpc) is 3.25. The number of amides is 1. The largest absolute Gasteiger partial charge is 0.394 e. The van der Waals surface area contributed by atoms with Crippen molar-refractivity contribution in [1.82, 2.24) is 24.2 Å². The van der Waals surface area contributed by atoms with Gasteiger partial charge in [0.1, 0.15) is 0 Å². The van der Waals surface area contributed by atoms with E-state index in [0.717, 1.165) is 11.3 Å². The summed E-state index contributed by atoms with van der Waals surface area (Å²) in [5, 5.41) is 17.8. The predicted octanol–water partition coefficient (Wildman–Crippen LogP) is 1.43. The number of sulfonamides is 1. The molecule has 2 heterocycles. The third kappa shape index (κ3) is 6.21. The summed E-state index contributed by atoms with van der Waals surface area (Å²) in [4.78, 5) is 14.8. The summed E-state index contributed by atoms with van der Waals surface area (Å²) in [5.41, 5.74) is 1.63. The number of hydrogen-bond donors (Lipinski definition) is 1. The quantitative estimate of drug-likeness (QED) is 0.647. The van der Waals surface area contributed by atoms with Crippen LogP contribution in [0.5, 0.6) is 0 Å². The van der Waals surface area contributed by atoms with E-state index in [0.29, 0.717) is 25.9 Å². The molecule has 1 aromatic heterocycles. The van der Waals surface area contributed by atoms with Crippen LogP contribution in [-0.4, -0.2) is 82.5 Å². The lowest BCUT2D eigenvalue weighted by Crippen LogP contribution is -2.47. The van der Waals surface area contributed by atoms with Crippen molar-refractivity contribution in [3.8, 4) is 0 Å². The summed E-state index contributed by atoms with van der Waals surface area (Å²) in [6.07, 6.45) is 2.04. The Morgan fingerprint density at radius 3 is 2.82 bits per heavy atom. The van der Waals surface area contributed by atoms with Crippen molar-refractivity contribution in [2.24, 2.45) is 5.92 Å². The van der Waals surface area contributed by atoms with Crippen LogP contribution in [0.3, 0.4) is 0 Å². The van der Waals surface area contributed by atoms with Gasteiger partial charge in [-0.2, -0.15) is 4.31 Å². The topological polar surface area (TPSA) is 118 Å². The smallest absolute Gasteiger partial charge is 0.242 e. The van der Waals surface area contributed by atoms with Gasteiger partial charge in [0, 0.05) is 39.0 Å². The number of aromatic nitrogens is 3. The number of fused-ring (bicyclic) bond motifs is 1. The van der Waals surface area contributed by atoms with Gasteiger partial charge in [-0.1, -0.05) is 24.3 Å². The van der Waals surface area contributed by atoms with Gasteiger partial charge in [0.05, 0.1) is 42.1 Å². The van der Waals surface area contributed by atoms with Gasteiger partial charge in [-0.25, -0.2) is 13.1 Å². The molecule has 0 unspecified atom stereocenters. The maximum absolute atomic E-state index is 13.2. The van der Waals surface area contributed by atoms with Crippen LogP contribution >= 0.6 is 0 Å². The average molecular weight is 494 g/mol. The SMILES string of the molecule is Cc1cccc(S(=O)(=O)N(C)C[C@@H]2OCc3cnnn3CCCC(=O)N([C@@H](C)CO)C[C@@H]2C)c1. The second kappa shape index (κ2) is 11.4. The molecule has 1 aliphatic heterocycles. The number of hydrogen-bond acceptors (Lipinski definition) is 7. The van der Waals surface area contributed by atoms with E-state index in [4.69, 9.17) is 4.74 Å². The molecule has 0 saturated carbocycles. The van der Waals surface area contributed by atoms with Crippen LogP contribution in [0.15, 0.2) is 35.4 Å². The molecular weight excluding hydrogens is 458 g/mol. The number of aliphatic hydroxyl groups excluding tert-OH is 1. The van der Waals surface area contributed by atoms with E-state index in [2.05, 4.69) is 10.3 Å². The number of carbonyl (C=O) groups is 1. The summed E-state index contributed by atoms with van der Waals surface area (Å²) in [6.45, 7) is 6.63. The Kier molecular flexibility index (Phi) is 8.80. The number of likely N-dealkylation sites (N-methyl/N-ethyl adjacent to an activating group) is 1. The van der Waals surface area contributed by atoms with E-state index in [9.17, 15) is 18.3 Å². The number of ether oxygens (including phenoxy) is 1. The number of benzene rings is 1. The Hall–Kier alpha value is -2.34. The number of aliphatic hydroxyl groups is 1. The summed E-state index contributed by atoms with van der Waals surface area (Å²) in [7, 11) is -2.19. The van der Waals surface area contributed by atoms with Crippen LogP contribution in [0.2, 0.25) is 0 Å². The van der Waals surface area contributed by atoms with Crippen molar-refractivity contribution in [1.29, 1.82) is 0 Å². The lowest BCUT2D eigenvalue weighted by Gasteiger charge is -2.35. The van der Waals surface area contributed by atoms with E-state index < -0.39 is 16.1 Å². The van der Waals surface area contributed by atoms with E-state index >= 15 is 0 Å². The molecule has 0 radical (unpaired) electrons. The van der Waals surface area contributed by atoms with Gasteiger partial charge in [0.25, 0.3) is 0 Å². The van der Waals surface area contributed by atoms with E-state index in [1.165, 1.54) is 11.4 Å². The molecule has 1 aliphatic rings. The Morgan fingerprint density at radius 1 is 1.35 bits per heavy atom. The maximum atomic E-state index is 13.2. The summed E-state index contributed by atoms with van der Waals surface area (Å²) < 4.78 is 35.7. The number of rotatable bonds is 6. The van der Waals surface area contributed by atoms with Crippen LogP contribution in [-0.2, 0) is 32.7 Å². The molecule has 0 saturated heterocycles. The highest BCUT2D eigenvalue weighted by Gasteiger charge is 2.31. The van der Waals surface area contributed by atoms with Crippen LogP contribution in [0, 0.1) is 12.8 Å². The van der Waals surface area contributed by atoms with Crippen LogP contribution < -0.4 is 0 Å². The molecule has 10 nitrogen and oxygen atoms in total. The highest BCUT2D eigenvalue weighted by Crippen LogP contribution is 2.21. The fraction of sp³-hybridized carbons (Fsp3) is 0.609. The van der Waals surface area contributed by atoms with Gasteiger partial charge in [0.15, 0.2) is 0 Å². The van der Waals surface area contributed by atoms with Crippen LogP contribution in [0.1, 0.15) is 37.9 Å². The molecule has 3 rings (SSSR count).